The summed E-state index contributed by atoms with van der Waals surface area (Å²) in [5.74, 6) is 1.80. The van der Waals surface area contributed by atoms with Crippen LogP contribution in [0.4, 0.5) is 0 Å². The maximum absolute atomic E-state index is 5.52. The van der Waals surface area contributed by atoms with E-state index >= 15 is 0 Å². The van der Waals surface area contributed by atoms with Gasteiger partial charge in [0.2, 0.25) is 0 Å². The van der Waals surface area contributed by atoms with E-state index in [0.29, 0.717) is 12.1 Å². The molecule has 1 aromatic carbocycles. The molecule has 0 bridgehead atoms. The second kappa shape index (κ2) is 5.67. The van der Waals surface area contributed by atoms with Crippen molar-refractivity contribution in [3.63, 3.8) is 0 Å². The molecule has 2 aliphatic carbocycles. The fourth-order valence-corrected chi connectivity index (χ4v) is 4.48. The van der Waals surface area contributed by atoms with Crippen molar-refractivity contribution < 1.29 is 4.74 Å². The molecule has 0 saturated heterocycles. The van der Waals surface area contributed by atoms with Gasteiger partial charge in [0, 0.05) is 17.1 Å². The number of rotatable bonds is 5. The lowest BCUT2D eigenvalue weighted by molar-refractivity contribution is 0.407. The van der Waals surface area contributed by atoms with Gasteiger partial charge in [0.25, 0.3) is 0 Å². The lowest BCUT2D eigenvalue weighted by Gasteiger charge is -2.22. The van der Waals surface area contributed by atoms with E-state index in [1.807, 2.05) is 17.5 Å². The minimum absolute atomic E-state index is 0.417. The minimum atomic E-state index is 0.417. The standard InChI is InChI=1S/C18H22N2OS/c1-11-10-19-18(22-11)17(12-6-7-12)20-15-9-8-14-13(15)4-3-5-16(14)21-2/h3-5,10,12,15,17,20H,6-9H2,1-2H3. The average molecular weight is 314 g/mol. The van der Waals surface area contributed by atoms with Crippen LogP contribution in [0.1, 0.15) is 52.4 Å². The molecule has 0 spiro atoms. The molecule has 0 amide bonds. The van der Waals surface area contributed by atoms with Gasteiger partial charge in [-0.2, -0.15) is 0 Å². The van der Waals surface area contributed by atoms with Crippen LogP contribution in [0.2, 0.25) is 0 Å². The Hall–Kier alpha value is -1.39. The number of methoxy groups -OCH3 is 1. The van der Waals surface area contributed by atoms with Crippen molar-refractivity contribution in [3.8, 4) is 5.75 Å². The molecule has 2 unspecified atom stereocenters. The molecule has 2 atom stereocenters. The van der Waals surface area contributed by atoms with Crippen molar-refractivity contribution in [2.75, 3.05) is 7.11 Å². The zero-order valence-corrected chi connectivity index (χ0v) is 14.0. The van der Waals surface area contributed by atoms with Gasteiger partial charge < -0.3 is 10.1 Å². The fraction of sp³-hybridized carbons (Fsp3) is 0.500. The molecule has 0 aliphatic heterocycles. The molecule has 4 rings (SSSR count). The third kappa shape index (κ3) is 2.55. The molecule has 1 fully saturated rings. The summed E-state index contributed by atoms with van der Waals surface area (Å²) < 4.78 is 5.52. The van der Waals surface area contributed by atoms with Gasteiger partial charge in [-0.3, -0.25) is 0 Å². The Bertz CT molecular complexity index is 677. The maximum atomic E-state index is 5.52. The first-order chi connectivity index (χ1) is 10.8. The van der Waals surface area contributed by atoms with Crippen LogP contribution in [0.3, 0.4) is 0 Å². The van der Waals surface area contributed by atoms with Crippen molar-refractivity contribution in [2.24, 2.45) is 5.92 Å². The molecule has 1 saturated carbocycles. The molecular weight excluding hydrogens is 292 g/mol. The Kier molecular flexibility index (Phi) is 3.66. The summed E-state index contributed by atoms with van der Waals surface area (Å²) in [6.45, 7) is 2.14. The minimum Gasteiger partial charge on any atom is -0.496 e. The van der Waals surface area contributed by atoms with Gasteiger partial charge in [0.05, 0.1) is 13.2 Å². The number of nitrogens with zero attached hydrogens (tertiary/aromatic N) is 1. The van der Waals surface area contributed by atoms with Gasteiger partial charge in [-0.1, -0.05) is 12.1 Å². The van der Waals surface area contributed by atoms with E-state index in [0.717, 1.165) is 24.5 Å². The molecule has 1 aromatic heterocycles. The number of aromatic nitrogens is 1. The number of benzene rings is 1. The van der Waals surface area contributed by atoms with Crippen molar-refractivity contribution in [1.82, 2.24) is 10.3 Å². The zero-order valence-electron chi connectivity index (χ0n) is 13.1. The molecule has 3 nitrogen and oxygen atoms in total. The third-order valence-electron chi connectivity index (χ3n) is 4.83. The van der Waals surface area contributed by atoms with E-state index in [2.05, 4.69) is 35.4 Å². The Labute approximate surface area is 135 Å². The Morgan fingerprint density at radius 2 is 2.18 bits per heavy atom. The topological polar surface area (TPSA) is 34.1 Å². The Morgan fingerprint density at radius 3 is 2.86 bits per heavy atom. The van der Waals surface area contributed by atoms with Crippen LogP contribution in [0.5, 0.6) is 5.75 Å². The first-order valence-electron chi connectivity index (χ1n) is 8.10. The highest BCUT2D eigenvalue weighted by atomic mass is 32.1. The van der Waals surface area contributed by atoms with Crippen molar-refractivity contribution >= 4 is 11.3 Å². The highest BCUT2D eigenvalue weighted by molar-refractivity contribution is 7.11. The molecule has 2 aromatic rings. The largest absolute Gasteiger partial charge is 0.496 e. The fourth-order valence-electron chi connectivity index (χ4n) is 3.56. The van der Waals surface area contributed by atoms with Crippen molar-refractivity contribution in [2.45, 2.75) is 44.7 Å². The predicted molar refractivity (Wildman–Crippen MR) is 89.5 cm³/mol. The van der Waals surface area contributed by atoms with E-state index in [9.17, 15) is 0 Å². The van der Waals surface area contributed by atoms with Crippen LogP contribution in [0.15, 0.2) is 24.4 Å². The molecule has 22 heavy (non-hydrogen) atoms. The molecule has 0 radical (unpaired) electrons. The van der Waals surface area contributed by atoms with Gasteiger partial charge in [-0.15, -0.1) is 11.3 Å². The second-order valence-electron chi connectivity index (χ2n) is 6.41. The van der Waals surface area contributed by atoms with Crippen LogP contribution in [0.25, 0.3) is 0 Å². The predicted octanol–water partition coefficient (Wildman–Crippen LogP) is 4.19. The highest BCUT2D eigenvalue weighted by Gasteiger charge is 2.37. The van der Waals surface area contributed by atoms with E-state index in [4.69, 9.17) is 4.74 Å². The lowest BCUT2D eigenvalue weighted by Crippen LogP contribution is -2.26. The van der Waals surface area contributed by atoms with E-state index in [1.54, 1.807) is 7.11 Å². The molecule has 4 heteroatoms. The number of aryl methyl sites for hydroxylation is 1. The summed E-state index contributed by atoms with van der Waals surface area (Å²) in [5, 5.41) is 5.17. The number of thiazole rings is 1. The van der Waals surface area contributed by atoms with Crippen LogP contribution >= 0.6 is 11.3 Å². The quantitative estimate of drug-likeness (QED) is 0.898. The summed E-state index contributed by atoms with van der Waals surface area (Å²) >= 11 is 1.84. The van der Waals surface area contributed by atoms with Gasteiger partial charge in [0.15, 0.2) is 0 Å². The first kappa shape index (κ1) is 14.2. The van der Waals surface area contributed by atoms with E-state index < -0.39 is 0 Å². The summed E-state index contributed by atoms with van der Waals surface area (Å²) in [4.78, 5) is 5.94. The zero-order chi connectivity index (χ0) is 15.1. The molecule has 1 heterocycles. The SMILES string of the molecule is COc1cccc2c1CCC2NC(c1ncc(C)s1)C1CC1. The lowest BCUT2D eigenvalue weighted by atomic mass is 10.1. The van der Waals surface area contributed by atoms with E-state index in [1.165, 1.54) is 33.9 Å². The van der Waals surface area contributed by atoms with Gasteiger partial charge in [0.1, 0.15) is 10.8 Å². The summed E-state index contributed by atoms with van der Waals surface area (Å²) in [7, 11) is 1.77. The molecule has 2 aliphatic rings. The Morgan fingerprint density at radius 1 is 1.32 bits per heavy atom. The summed E-state index contributed by atoms with van der Waals surface area (Å²) in [5.41, 5.74) is 2.80. The van der Waals surface area contributed by atoms with Crippen molar-refractivity contribution in [3.05, 3.63) is 45.4 Å². The monoisotopic (exact) mass is 314 g/mol. The van der Waals surface area contributed by atoms with E-state index in [-0.39, 0.29) is 0 Å². The van der Waals surface area contributed by atoms with Crippen LogP contribution < -0.4 is 10.1 Å². The van der Waals surface area contributed by atoms with Gasteiger partial charge in [-0.05, 0) is 55.7 Å². The Balaban J connectivity index is 1.59. The second-order valence-corrected chi connectivity index (χ2v) is 7.68. The first-order valence-corrected chi connectivity index (χ1v) is 8.92. The van der Waals surface area contributed by atoms with Gasteiger partial charge >= 0.3 is 0 Å². The maximum Gasteiger partial charge on any atom is 0.122 e. The number of hydrogen-bond acceptors (Lipinski definition) is 4. The van der Waals surface area contributed by atoms with Crippen LogP contribution in [-0.4, -0.2) is 12.1 Å². The van der Waals surface area contributed by atoms with Crippen molar-refractivity contribution in [1.29, 1.82) is 0 Å². The number of nitrogens with one attached hydrogen (secondary N) is 1. The van der Waals surface area contributed by atoms with Crippen LogP contribution in [-0.2, 0) is 6.42 Å². The number of hydrogen-bond donors (Lipinski definition) is 1. The highest BCUT2D eigenvalue weighted by Crippen LogP contribution is 2.45. The number of ether oxygens (including phenoxy) is 1. The third-order valence-corrected chi connectivity index (χ3v) is 5.82. The average Bonchev–Trinajstić information content (AvgIpc) is 3.15. The van der Waals surface area contributed by atoms with Gasteiger partial charge in [-0.25, -0.2) is 4.98 Å². The molecule has 1 N–H and O–H groups in total. The molecule has 116 valence electrons. The smallest absolute Gasteiger partial charge is 0.122 e. The van der Waals surface area contributed by atoms with Crippen LogP contribution in [0, 0.1) is 12.8 Å². The number of fused-ring (bicyclic) bond motifs is 1. The molecular formula is C18H22N2OS. The summed E-state index contributed by atoms with van der Waals surface area (Å²) in [6.07, 6.45) is 6.92. The normalized spacial score (nSPS) is 21.6. The summed E-state index contributed by atoms with van der Waals surface area (Å²) in [6, 6.07) is 7.28.